The summed E-state index contributed by atoms with van der Waals surface area (Å²) < 4.78 is 16.1. The first-order valence-electron chi connectivity index (χ1n) is 7.04. The summed E-state index contributed by atoms with van der Waals surface area (Å²) in [7, 11) is 3.11. The van der Waals surface area contributed by atoms with Gasteiger partial charge in [-0.15, -0.1) is 0 Å². The molecular weight excluding hydrogens is 296 g/mol. The maximum atomic E-state index is 12.4. The van der Waals surface area contributed by atoms with Crippen molar-refractivity contribution in [3.05, 3.63) is 52.8 Å². The fourth-order valence-corrected chi connectivity index (χ4v) is 2.47. The van der Waals surface area contributed by atoms with E-state index in [-0.39, 0.29) is 17.3 Å². The zero-order chi connectivity index (χ0) is 16.6. The van der Waals surface area contributed by atoms with E-state index >= 15 is 0 Å². The highest BCUT2D eigenvalue weighted by Gasteiger charge is 2.29. The highest BCUT2D eigenvalue weighted by molar-refractivity contribution is 6.14. The van der Waals surface area contributed by atoms with Crippen LogP contribution in [0.15, 0.2) is 36.1 Å². The molecule has 0 saturated heterocycles. The Kier molecular flexibility index (Phi) is 3.70. The number of hydrogen-bond acceptors (Lipinski definition) is 5. The molecule has 1 heterocycles. The van der Waals surface area contributed by atoms with E-state index in [1.54, 1.807) is 51.5 Å². The number of ketones is 1. The molecule has 0 amide bonds. The molecule has 118 valence electrons. The van der Waals surface area contributed by atoms with Gasteiger partial charge >= 0.3 is 0 Å². The van der Waals surface area contributed by atoms with E-state index in [9.17, 15) is 9.90 Å². The number of aromatic hydroxyl groups is 1. The molecule has 5 nitrogen and oxygen atoms in total. The van der Waals surface area contributed by atoms with E-state index in [1.165, 1.54) is 6.07 Å². The van der Waals surface area contributed by atoms with Crippen LogP contribution in [0.4, 0.5) is 0 Å². The highest BCUT2D eigenvalue weighted by atomic mass is 16.5. The molecule has 3 rings (SSSR count). The number of Topliss-reactive ketones (excluding diaryl/α,β-unsaturated/α-hetero) is 1. The lowest BCUT2D eigenvalue weighted by Crippen LogP contribution is -1.98. The van der Waals surface area contributed by atoms with Crippen molar-refractivity contribution in [1.29, 1.82) is 0 Å². The number of benzene rings is 2. The van der Waals surface area contributed by atoms with E-state index in [2.05, 4.69) is 0 Å². The monoisotopic (exact) mass is 312 g/mol. The summed E-state index contributed by atoms with van der Waals surface area (Å²) in [6, 6.07) is 8.38. The molecule has 2 aromatic rings. The number of phenolic OH excluding ortho intramolecular Hbond substituents is 1. The Hall–Kier alpha value is -2.95. The molecule has 0 atom stereocenters. The maximum Gasteiger partial charge on any atom is 0.231 e. The van der Waals surface area contributed by atoms with Crippen LogP contribution in [0, 0.1) is 6.92 Å². The number of fused-ring (bicyclic) bond motifs is 1. The van der Waals surface area contributed by atoms with Crippen LogP contribution in [0.25, 0.3) is 6.08 Å². The minimum absolute atomic E-state index is 0.101. The Morgan fingerprint density at radius 2 is 1.83 bits per heavy atom. The SMILES string of the molecule is COc1ccc(/C=C2\Oc3c(ccc(O)c3C)C2=O)cc1OC. The standard InChI is InChI=1S/C18H16O5/c1-10-13(19)6-5-12-17(20)16(23-18(10)12)9-11-4-7-14(21-2)15(8-11)22-3/h4-9,19H,1-3H3/b16-9-. The van der Waals surface area contributed by atoms with Crippen molar-refractivity contribution in [1.82, 2.24) is 0 Å². The van der Waals surface area contributed by atoms with Crippen LogP contribution in [0.1, 0.15) is 21.5 Å². The molecule has 0 spiro atoms. The lowest BCUT2D eigenvalue weighted by molar-refractivity contribution is 0.101. The van der Waals surface area contributed by atoms with Gasteiger partial charge in [-0.3, -0.25) is 4.79 Å². The second-order valence-electron chi connectivity index (χ2n) is 5.14. The average molecular weight is 312 g/mol. The Bertz CT molecular complexity index is 820. The predicted octanol–water partition coefficient (Wildman–Crippen LogP) is 3.33. The van der Waals surface area contributed by atoms with Gasteiger partial charge in [-0.1, -0.05) is 6.07 Å². The molecule has 0 saturated carbocycles. The molecule has 2 aromatic carbocycles. The van der Waals surface area contributed by atoms with Crippen LogP contribution < -0.4 is 14.2 Å². The molecule has 0 fully saturated rings. The molecule has 0 aromatic heterocycles. The van der Waals surface area contributed by atoms with Crippen molar-refractivity contribution in [2.45, 2.75) is 6.92 Å². The summed E-state index contributed by atoms with van der Waals surface area (Å²) in [4.78, 5) is 12.4. The number of hydrogen-bond donors (Lipinski definition) is 1. The van der Waals surface area contributed by atoms with E-state index in [0.717, 1.165) is 5.56 Å². The van der Waals surface area contributed by atoms with Gasteiger partial charge in [0.2, 0.25) is 5.78 Å². The van der Waals surface area contributed by atoms with Crippen LogP contribution in [0.5, 0.6) is 23.0 Å². The first kappa shape index (κ1) is 15.0. The largest absolute Gasteiger partial charge is 0.508 e. The third kappa shape index (κ3) is 2.50. The van der Waals surface area contributed by atoms with Gasteiger partial charge in [-0.05, 0) is 42.8 Å². The zero-order valence-corrected chi connectivity index (χ0v) is 13.0. The fourth-order valence-electron chi connectivity index (χ4n) is 2.47. The maximum absolute atomic E-state index is 12.4. The number of rotatable bonds is 3. The van der Waals surface area contributed by atoms with Crippen molar-refractivity contribution in [3.8, 4) is 23.0 Å². The molecule has 23 heavy (non-hydrogen) atoms. The van der Waals surface area contributed by atoms with Gasteiger partial charge in [0.15, 0.2) is 17.3 Å². The number of carbonyl (C=O) groups excluding carboxylic acids is 1. The molecule has 0 bridgehead atoms. The van der Waals surface area contributed by atoms with Gasteiger partial charge < -0.3 is 19.3 Å². The van der Waals surface area contributed by atoms with Crippen molar-refractivity contribution in [2.24, 2.45) is 0 Å². The third-order valence-corrected chi connectivity index (χ3v) is 3.76. The second-order valence-corrected chi connectivity index (χ2v) is 5.14. The summed E-state index contributed by atoms with van der Waals surface area (Å²) in [6.07, 6.45) is 1.64. The average Bonchev–Trinajstić information content (AvgIpc) is 2.88. The molecule has 0 unspecified atom stereocenters. The molecule has 1 aliphatic rings. The minimum Gasteiger partial charge on any atom is -0.508 e. The van der Waals surface area contributed by atoms with Crippen LogP contribution in [0.3, 0.4) is 0 Å². The summed E-state index contributed by atoms with van der Waals surface area (Å²) in [5, 5.41) is 9.73. The molecule has 0 radical (unpaired) electrons. The van der Waals surface area contributed by atoms with Crippen molar-refractivity contribution in [2.75, 3.05) is 14.2 Å². The quantitative estimate of drug-likeness (QED) is 0.881. The Morgan fingerprint density at radius 1 is 1.09 bits per heavy atom. The lowest BCUT2D eigenvalue weighted by Gasteiger charge is -2.08. The Balaban J connectivity index is 1.99. The summed E-state index contributed by atoms with van der Waals surface area (Å²) in [6.45, 7) is 1.71. The number of allylic oxidation sites excluding steroid dienone is 1. The summed E-state index contributed by atoms with van der Waals surface area (Å²) in [5.74, 6) is 1.68. The molecule has 5 heteroatoms. The normalized spacial score (nSPS) is 14.6. The zero-order valence-electron chi connectivity index (χ0n) is 13.0. The van der Waals surface area contributed by atoms with Crippen LogP contribution in [-0.4, -0.2) is 25.1 Å². The van der Waals surface area contributed by atoms with Gasteiger partial charge in [0.25, 0.3) is 0 Å². The first-order valence-corrected chi connectivity index (χ1v) is 7.04. The van der Waals surface area contributed by atoms with Gasteiger partial charge in [-0.2, -0.15) is 0 Å². The lowest BCUT2D eigenvalue weighted by atomic mass is 10.1. The van der Waals surface area contributed by atoms with Crippen LogP contribution in [0.2, 0.25) is 0 Å². The molecule has 1 N–H and O–H groups in total. The van der Waals surface area contributed by atoms with E-state index in [1.807, 2.05) is 0 Å². The van der Waals surface area contributed by atoms with Crippen molar-refractivity contribution >= 4 is 11.9 Å². The van der Waals surface area contributed by atoms with E-state index in [4.69, 9.17) is 14.2 Å². The van der Waals surface area contributed by atoms with Crippen LogP contribution >= 0.6 is 0 Å². The van der Waals surface area contributed by atoms with Gasteiger partial charge in [0, 0.05) is 5.56 Å². The summed E-state index contributed by atoms with van der Waals surface area (Å²) in [5.41, 5.74) is 1.75. The summed E-state index contributed by atoms with van der Waals surface area (Å²) >= 11 is 0. The molecule has 1 aliphatic heterocycles. The molecular formula is C18H16O5. The topological polar surface area (TPSA) is 65.0 Å². The first-order chi connectivity index (χ1) is 11.0. The van der Waals surface area contributed by atoms with E-state index in [0.29, 0.717) is 28.4 Å². The van der Waals surface area contributed by atoms with Gasteiger partial charge in [0.05, 0.1) is 19.8 Å². The number of carbonyl (C=O) groups is 1. The van der Waals surface area contributed by atoms with Gasteiger partial charge in [0.1, 0.15) is 11.5 Å². The second kappa shape index (κ2) is 5.68. The predicted molar refractivity (Wildman–Crippen MR) is 85.3 cm³/mol. The Labute approximate surface area is 133 Å². The molecule has 0 aliphatic carbocycles. The number of ether oxygens (including phenoxy) is 3. The van der Waals surface area contributed by atoms with Gasteiger partial charge in [-0.25, -0.2) is 0 Å². The minimum atomic E-state index is -0.210. The number of methoxy groups -OCH3 is 2. The van der Waals surface area contributed by atoms with Crippen LogP contribution in [-0.2, 0) is 0 Å². The third-order valence-electron chi connectivity index (χ3n) is 3.76. The fraction of sp³-hybridized carbons (Fsp3) is 0.167. The smallest absolute Gasteiger partial charge is 0.231 e. The highest BCUT2D eigenvalue weighted by Crippen LogP contribution is 2.39. The van der Waals surface area contributed by atoms with E-state index < -0.39 is 0 Å². The van der Waals surface area contributed by atoms with Crippen molar-refractivity contribution < 1.29 is 24.1 Å². The van der Waals surface area contributed by atoms with Crippen molar-refractivity contribution in [3.63, 3.8) is 0 Å². The number of phenols is 1. The Morgan fingerprint density at radius 3 is 2.52 bits per heavy atom.